The van der Waals surface area contributed by atoms with E-state index in [9.17, 15) is 24.9 Å². The lowest BCUT2D eigenvalue weighted by atomic mass is 9.66. The molecule has 0 fully saturated rings. The van der Waals surface area contributed by atoms with Gasteiger partial charge in [0.1, 0.15) is 11.9 Å². The fourth-order valence-corrected chi connectivity index (χ4v) is 5.59. The average molecular weight is 531 g/mol. The van der Waals surface area contributed by atoms with Crippen LogP contribution in [0.3, 0.4) is 0 Å². The fourth-order valence-electron chi connectivity index (χ4n) is 5.59. The lowest BCUT2D eigenvalue weighted by molar-refractivity contribution is -0.163. The molecule has 0 unspecified atom stereocenters. The van der Waals surface area contributed by atoms with Crippen molar-refractivity contribution in [1.29, 1.82) is 0 Å². The Morgan fingerprint density at radius 1 is 1.11 bits per heavy atom. The molecule has 2 aliphatic carbocycles. The van der Waals surface area contributed by atoms with Crippen molar-refractivity contribution in [2.75, 3.05) is 0 Å². The van der Waals surface area contributed by atoms with Crippen LogP contribution in [0.4, 0.5) is 0 Å². The fraction of sp³-hybridized carbons (Fsp3) is 0.600. The Bertz CT molecular complexity index is 958. The summed E-state index contributed by atoms with van der Waals surface area (Å²) in [6.45, 7) is 4.13. The highest BCUT2D eigenvalue weighted by Gasteiger charge is 2.42. The molecule has 38 heavy (non-hydrogen) atoms. The van der Waals surface area contributed by atoms with Crippen LogP contribution in [-0.2, 0) is 14.3 Å². The minimum Gasteiger partial charge on any atom is -0.481 e. The van der Waals surface area contributed by atoms with Crippen molar-refractivity contribution >= 4 is 11.9 Å². The van der Waals surface area contributed by atoms with Crippen molar-refractivity contribution in [3.05, 3.63) is 54.1 Å². The van der Waals surface area contributed by atoms with Crippen molar-refractivity contribution in [2.24, 2.45) is 17.8 Å². The number of carboxylic acid groups (broad SMARTS) is 1. The summed E-state index contributed by atoms with van der Waals surface area (Å²) in [5, 5.41) is 39.8. The topological polar surface area (TPSA) is 134 Å². The summed E-state index contributed by atoms with van der Waals surface area (Å²) >= 11 is 0. The summed E-state index contributed by atoms with van der Waals surface area (Å²) in [5.41, 5.74) is 0.916. The number of allylic oxidation sites excluding steroid dienone is 2. The van der Waals surface area contributed by atoms with E-state index in [1.807, 2.05) is 30.4 Å². The zero-order chi connectivity index (χ0) is 27.7. The van der Waals surface area contributed by atoms with Gasteiger partial charge in [-0.3, -0.25) is 4.79 Å². The highest BCUT2D eigenvalue weighted by atomic mass is 16.6. The molecule has 8 nitrogen and oxygen atoms in total. The Morgan fingerprint density at radius 3 is 2.53 bits per heavy atom. The largest absolute Gasteiger partial charge is 0.481 e. The summed E-state index contributed by atoms with van der Waals surface area (Å²) in [7, 11) is 0. The van der Waals surface area contributed by atoms with E-state index in [0.717, 1.165) is 18.4 Å². The van der Waals surface area contributed by atoms with Gasteiger partial charge in [0, 0.05) is 12.3 Å². The van der Waals surface area contributed by atoms with Gasteiger partial charge in [-0.1, -0.05) is 56.7 Å². The third kappa shape index (κ3) is 8.68. The third-order valence-corrected chi connectivity index (χ3v) is 7.53. The van der Waals surface area contributed by atoms with Gasteiger partial charge in [0.05, 0.1) is 24.7 Å². The summed E-state index contributed by atoms with van der Waals surface area (Å²) in [4.78, 5) is 24.2. The molecule has 1 aromatic rings. The van der Waals surface area contributed by atoms with E-state index in [2.05, 4.69) is 19.9 Å². The predicted octanol–water partition coefficient (Wildman–Crippen LogP) is 4.03. The molecular weight excluding hydrogens is 488 g/mol. The first-order valence-corrected chi connectivity index (χ1v) is 13.8. The number of ether oxygens (including phenoxy) is 2. The first-order valence-electron chi connectivity index (χ1n) is 13.8. The summed E-state index contributed by atoms with van der Waals surface area (Å²) in [6.07, 6.45) is 4.95. The Hall–Kier alpha value is -2.68. The second kappa shape index (κ2) is 14.5. The lowest BCUT2D eigenvalue weighted by Gasteiger charge is -2.43. The number of aliphatic hydroxyl groups excluding tert-OH is 3. The second-order valence-electron chi connectivity index (χ2n) is 10.6. The number of aliphatic carboxylic acids is 1. The first kappa shape index (κ1) is 29.9. The van der Waals surface area contributed by atoms with Crippen molar-refractivity contribution in [3.8, 4) is 5.75 Å². The molecule has 4 N–H and O–H groups in total. The van der Waals surface area contributed by atoms with Gasteiger partial charge >= 0.3 is 11.9 Å². The molecule has 0 spiro atoms. The highest BCUT2D eigenvalue weighted by molar-refractivity contribution is 5.75. The minimum absolute atomic E-state index is 0.0103. The number of carboxylic acids is 1. The zero-order valence-electron chi connectivity index (χ0n) is 22.3. The molecule has 3 rings (SSSR count). The number of aliphatic hydroxyl groups is 3. The molecule has 0 amide bonds. The van der Waals surface area contributed by atoms with Crippen molar-refractivity contribution in [2.45, 2.75) is 95.7 Å². The van der Waals surface area contributed by atoms with E-state index in [1.165, 1.54) is 0 Å². The summed E-state index contributed by atoms with van der Waals surface area (Å²) < 4.78 is 12.1. The molecule has 0 heterocycles. The normalized spacial score (nSPS) is 27.0. The maximum absolute atomic E-state index is 13.4. The first-order chi connectivity index (χ1) is 18.2. The van der Waals surface area contributed by atoms with Gasteiger partial charge in [-0.2, -0.15) is 0 Å². The molecule has 0 bridgehead atoms. The number of carbonyl (C=O) groups excluding carboxylic acids is 1. The lowest BCUT2D eigenvalue weighted by Crippen LogP contribution is -2.44. The molecular formula is C30H42O8. The van der Waals surface area contributed by atoms with Crippen LogP contribution in [0.1, 0.15) is 65.2 Å². The van der Waals surface area contributed by atoms with Gasteiger partial charge in [0.2, 0.25) is 0 Å². The Kier molecular flexibility index (Phi) is 11.4. The van der Waals surface area contributed by atoms with Crippen molar-refractivity contribution in [1.82, 2.24) is 0 Å². The Labute approximate surface area is 225 Å². The van der Waals surface area contributed by atoms with Gasteiger partial charge in [-0.05, 0) is 61.6 Å². The number of carbonyl (C=O) groups is 2. The predicted molar refractivity (Wildman–Crippen MR) is 142 cm³/mol. The molecule has 0 saturated carbocycles. The van der Waals surface area contributed by atoms with Crippen LogP contribution in [0.5, 0.6) is 5.75 Å². The molecule has 0 aromatic heterocycles. The number of esters is 1. The van der Waals surface area contributed by atoms with Crippen LogP contribution in [0, 0.1) is 17.8 Å². The third-order valence-electron chi connectivity index (χ3n) is 7.53. The maximum atomic E-state index is 13.4. The molecule has 8 heteroatoms. The molecule has 1 aromatic carbocycles. The quantitative estimate of drug-likeness (QED) is 0.265. The van der Waals surface area contributed by atoms with Crippen LogP contribution in [0.2, 0.25) is 0 Å². The van der Waals surface area contributed by atoms with E-state index < -0.39 is 48.9 Å². The SMILES string of the molecule is CCCC[C@H](Oc1ccccc1)C(=O)O[C@H]1C[C@H](O)C=C2C=C[C@@H](C)[C@H](CC[C@@H](O)C[C@@H](O)CC(=O)O)[C@H]21. The van der Waals surface area contributed by atoms with Crippen molar-refractivity contribution < 1.29 is 39.5 Å². The number of hydrogen-bond acceptors (Lipinski definition) is 7. The van der Waals surface area contributed by atoms with E-state index in [1.54, 1.807) is 12.1 Å². The molecule has 210 valence electrons. The average Bonchev–Trinajstić information content (AvgIpc) is 2.86. The number of hydrogen-bond donors (Lipinski definition) is 4. The van der Waals surface area contributed by atoms with Crippen LogP contribution in [0.15, 0.2) is 54.1 Å². The van der Waals surface area contributed by atoms with E-state index in [4.69, 9.17) is 14.6 Å². The maximum Gasteiger partial charge on any atom is 0.347 e. The highest BCUT2D eigenvalue weighted by Crippen LogP contribution is 2.44. The van der Waals surface area contributed by atoms with Crippen LogP contribution < -0.4 is 4.74 Å². The van der Waals surface area contributed by atoms with Crippen LogP contribution >= 0.6 is 0 Å². The Balaban J connectivity index is 1.72. The van der Waals surface area contributed by atoms with Gasteiger partial charge in [0.25, 0.3) is 0 Å². The number of unbranched alkanes of at least 4 members (excludes halogenated alkanes) is 1. The van der Waals surface area contributed by atoms with Gasteiger partial charge < -0.3 is 29.9 Å². The van der Waals surface area contributed by atoms with Crippen LogP contribution in [0.25, 0.3) is 0 Å². The molecule has 8 atom stereocenters. The zero-order valence-corrected chi connectivity index (χ0v) is 22.3. The molecule has 0 aliphatic heterocycles. The molecule has 2 aliphatic rings. The van der Waals surface area contributed by atoms with E-state index in [-0.39, 0.29) is 30.6 Å². The van der Waals surface area contributed by atoms with E-state index in [0.29, 0.717) is 25.0 Å². The smallest absolute Gasteiger partial charge is 0.347 e. The van der Waals surface area contributed by atoms with Crippen LogP contribution in [-0.4, -0.2) is 62.9 Å². The number of fused-ring (bicyclic) bond motifs is 1. The monoisotopic (exact) mass is 530 g/mol. The second-order valence-corrected chi connectivity index (χ2v) is 10.6. The summed E-state index contributed by atoms with van der Waals surface area (Å²) in [5.74, 6) is -0.931. The van der Waals surface area contributed by atoms with E-state index >= 15 is 0 Å². The van der Waals surface area contributed by atoms with Gasteiger partial charge in [-0.25, -0.2) is 4.79 Å². The molecule has 0 radical (unpaired) electrons. The minimum atomic E-state index is -1.11. The standard InChI is InChI=1S/C30H42O8/c1-3-4-10-26(37-24-8-6-5-7-9-24)30(36)38-27-17-22(32)15-20-12-11-19(2)25(29(20)27)14-13-21(31)16-23(33)18-28(34)35/h5-9,11-12,15,19,21-23,25-27,29,31-33H,3-4,10,13-14,16-18H2,1-2H3,(H,34,35)/t19-,21-,22-,23-,25+,26+,27+,29+/m1/s1. The number of para-hydroxylation sites is 1. The van der Waals surface area contributed by atoms with Crippen molar-refractivity contribution in [3.63, 3.8) is 0 Å². The molecule has 0 saturated heterocycles. The van der Waals surface area contributed by atoms with Gasteiger partial charge in [-0.15, -0.1) is 0 Å². The Morgan fingerprint density at radius 2 is 1.84 bits per heavy atom. The number of rotatable bonds is 14. The number of benzene rings is 1. The van der Waals surface area contributed by atoms with Gasteiger partial charge in [0.15, 0.2) is 6.10 Å². The summed E-state index contributed by atoms with van der Waals surface area (Å²) in [6, 6.07) is 9.19.